The molecule has 0 radical (unpaired) electrons. The maximum absolute atomic E-state index is 11.2. The van der Waals surface area contributed by atoms with E-state index in [1.807, 2.05) is 0 Å². The van der Waals surface area contributed by atoms with Gasteiger partial charge in [0.05, 0.1) is 6.61 Å². The molecule has 1 saturated carbocycles. The number of aliphatic carboxylic acids is 1. The Morgan fingerprint density at radius 2 is 1.78 bits per heavy atom. The van der Waals surface area contributed by atoms with Gasteiger partial charge in [0.2, 0.25) is 5.91 Å². The molecule has 1 aliphatic rings. The number of carbonyl (C=O) groups excluding carboxylic acids is 2. The second-order valence-corrected chi connectivity index (χ2v) is 4.04. The lowest BCUT2D eigenvalue weighted by atomic mass is 10.3. The van der Waals surface area contributed by atoms with Crippen molar-refractivity contribution in [2.45, 2.75) is 18.9 Å². The zero-order valence-electron chi connectivity index (χ0n) is 9.81. The van der Waals surface area contributed by atoms with Gasteiger partial charge in [0.25, 0.3) is 0 Å². The molecule has 0 spiro atoms. The Labute approximate surface area is 104 Å². The number of carboxylic acids is 1. The van der Waals surface area contributed by atoms with E-state index in [4.69, 9.17) is 10.2 Å². The molecule has 3 amide bonds. The molecule has 0 heterocycles. The van der Waals surface area contributed by atoms with Crippen LogP contribution in [0.15, 0.2) is 0 Å². The molecule has 102 valence electrons. The summed E-state index contributed by atoms with van der Waals surface area (Å²) in [4.78, 5) is 32.9. The van der Waals surface area contributed by atoms with Crippen LogP contribution < -0.4 is 16.0 Å². The molecular formula is C10H17N3O5. The first kappa shape index (κ1) is 14.2. The summed E-state index contributed by atoms with van der Waals surface area (Å²) in [6.45, 7) is -0.192. The normalized spacial score (nSPS) is 15.6. The van der Waals surface area contributed by atoms with Crippen LogP contribution in [-0.2, 0) is 9.59 Å². The number of hydrogen-bond donors (Lipinski definition) is 5. The summed E-state index contributed by atoms with van der Waals surface area (Å²) in [7, 11) is 0. The lowest BCUT2D eigenvalue weighted by Crippen LogP contribution is -2.49. The van der Waals surface area contributed by atoms with Gasteiger partial charge in [-0.25, -0.2) is 9.59 Å². The highest BCUT2D eigenvalue weighted by molar-refractivity contribution is 5.83. The third-order valence-electron chi connectivity index (χ3n) is 2.44. The number of carboxylic acid groups (broad SMARTS) is 1. The molecule has 5 N–H and O–H groups in total. The molecule has 0 aromatic carbocycles. The first-order chi connectivity index (χ1) is 8.54. The summed E-state index contributed by atoms with van der Waals surface area (Å²) in [6.07, 6.45) is 1.83. The first-order valence-corrected chi connectivity index (χ1v) is 5.70. The second-order valence-electron chi connectivity index (χ2n) is 4.04. The quantitative estimate of drug-likeness (QED) is 0.347. The Bertz CT molecular complexity index is 329. The molecule has 18 heavy (non-hydrogen) atoms. The summed E-state index contributed by atoms with van der Waals surface area (Å²) in [5.74, 6) is -1.21. The van der Waals surface area contributed by atoms with Crippen molar-refractivity contribution in [3.63, 3.8) is 0 Å². The Morgan fingerprint density at radius 1 is 1.17 bits per heavy atom. The van der Waals surface area contributed by atoms with Gasteiger partial charge in [-0.3, -0.25) is 4.79 Å². The Hall–Kier alpha value is -1.83. The first-order valence-electron chi connectivity index (χ1n) is 5.70. The van der Waals surface area contributed by atoms with E-state index in [1.54, 1.807) is 0 Å². The smallest absolute Gasteiger partial charge is 0.328 e. The van der Waals surface area contributed by atoms with Gasteiger partial charge in [0.15, 0.2) is 6.04 Å². The van der Waals surface area contributed by atoms with Crippen LogP contribution in [0.3, 0.4) is 0 Å². The van der Waals surface area contributed by atoms with Gasteiger partial charge in [0.1, 0.15) is 0 Å². The molecular weight excluding hydrogens is 242 g/mol. The predicted molar refractivity (Wildman–Crippen MR) is 60.8 cm³/mol. The van der Waals surface area contributed by atoms with Crippen LogP contribution in [0, 0.1) is 5.92 Å². The summed E-state index contributed by atoms with van der Waals surface area (Å²) < 4.78 is 0. The monoisotopic (exact) mass is 259 g/mol. The number of carbonyl (C=O) groups is 3. The maximum Gasteiger partial charge on any atom is 0.328 e. The Balaban J connectivity index is 2.08. The number of rotatable bonds is 7. The average molecular weight is 259 g/mol. The zero-order chi connectivity index (χ0) is 13.5. The third-order valence-corrected chi connectivity index (χ3v) is 2.44. The van der Waals surface area contributed by atoms with E-state index >= 15 is 0 Å². The maximum atomic E-state index is 11.2. The van der Waals surface area contributed by atoms with Gasteiger partial charge in [-0.2, -0.15) is 0 Å². The predicted octanol–water partition coefficient (Wildman–Crippen LogP) is -1.74. The van der Waals surface area contributed by atoms with E-state index < -0.39 is 24.6 Å². The fourth-order valence-electron chi connectivity index (χ4n) is 1.25. The van der Waals surface area contributed by atoms with Crippen molar-refractivity contribution in [3.8, 4) is 0 Å². The summed E-state index contributed by atoms with van der Waals surface area (Å²) in [5.41, 5.74) is 0. The fourth-order valence-corrected chi connectivity index (χ4v) is 1.25. The largest absolute Gasteiger partial charge is 0.480 e. The van der Waals surface area contributed by atoms with E-state index in [1.165, 1.54) is 0 Å². The highest BCUT2D eigenvalue weighted by atomic mass is 16.4. The number of urea groups is 1. The molecule has 1 rings (SSSR count). The molecule has 0 bridgehead atoms. The van der Waals surface area contributed by atoms with Crippen molar-refractivity contribution < 1.29 is 24.6 Å². The number of aliphatic hydroxyl groups excluding tert-OH is 1. The van der Waals surface area contributed by atoms with Crippen molar-refractivity contribution in [1.82, 2.24) is 16.0 Å². The van der Waals surface area contributed by atoms with Gasteiger partial charge in [-0.05, 0) is 12.8 Å². The zero-order valence-corrected chi connectivity index (χ0v) is 9.81. The van der Waals surface area contributed by atoms with E-state index in [0.29, 0.717) is 6.54 Å². The Kier molecular flexibility index (Phi) is 5.37. The molecule has 0 saturated heterocycles. The van der Waals surface area contributed by atoms with Crippen molar-refractivity contribution >= 4 is 17.9 Å². The van der Waals surface area contributed by atoms with Crippen LogP contribution in [0.5, 0.6) is 0 Å². The van der Waals surface area contributed by atoms with E-state index in [2.05, 4.69) is 16.0 Å². The molecule has 8 nitrogen and oxygen atoms in total. The molecule has 8 heteroatoms. The van der Waals surface area contributed by atoms with Crippen LogP contribution in [0.1, 0.15) is 12.8 Å². The molecule has 1 atom stereocenters. The summed E-state index contributed by atoms with van der Waals surface area (Å²) >= 11 is 0. The van der Waals surface area contributed by atoms with Gasteiger partial charge in [-0.15, -0.1) is 0 Å². The van der Waals surface area contributed by atoms with Crippen molar-refractivity contribution in [2.75, 3.05) is 19.7 Å². The van der Waals surface area contributed by atoms with Crippen LogP contribution >= 0.6 is 0 Å². The topological polar surface area (TPSA) is 128 Å². The molecule has 0 unspecified atom stereocenters. The van der Waals surface area contributed by atoms with Crippen molar-refractivity contribution in [3.05, 3.63) is 0 Å². The van der Waals surface area contributed by atoms with E-state index in [0.717, 1.165) is 12.8 Å². The van der Waals surface area contributed by atoms with Crippen LogP contribution in [-0.4, -0.2) is 53.9 Å². The molecule has 0 aliphatic heterocycles. The second kappa shape index (κ2) is 6.80. The van der Waals surface area contributed by atoms with Gasteiger partial charge in [-0.1, -0.05) is 0 Å². The van der Waals surface area contributed by atoms with Gasteiger partial charge < -0.3 is 26.2 Å². The Morgan fingerprint density at radius 3 is 2.28 bits per heavy atom. The standard InChI is InChI=1S/C10H17N3O5/c14-5-7(9(16)17)13-10(18)12-4-3-11-8(15)6-1-2-6/h6-7,14H,1-5H2,(H,11,15)(H,16,17)(H2,12,13,18)/t7-/m1/s1. The van der Waals surface area contributed by atoms with Crippen molar-refractivity contribution in [1.29, 1.82) is 0 Å². The minimum Gasteiger partial charge on any atom is -0.480 e. The average Bonchev–Trinajstić information content (AvgIpc) is 3.14. The lowest BCUT2D eigenvalue weighted by Gasteiger charge is -2.12. The van der Waals surface area contributed by atoms with Crippen LogP contribution in [0.2, 0.25) is 0 Å². The van der Waals surface area contributed by atoms with E-state index in [-0.39, 0.29) is 18.4 Å². The van der Waals surface area contributed by atoms with Crippen LogP contribution in [0.4, 0.5) is 4.79 Å². The van der Waals surface area contributed by atoms with Crippen LogP contribution in [0.25, 0.3) is 0 Å². The summed E-state index contributed by atoms with van der Waals surface area (Å²) in [5, 5.41) is 24.4. The van der Waals surface area contributed by atoms with Gasteiger partial charge in [0, 0.05) is 19.0 Å². The highest BCUT2D eigenvalue weighted by Crippen LogP contribution is 2.28. The minimum absolute atomic E-state index is 0.0176. The highest BCUT2D eigenvalue weighted by Gasteiger charge is 2.29. The third kappa shape index (κ3) is 5.00. The molecule has 0 aromatic rings. The molecule has 1 fully saturated rings. The number of aliphatic hydroxyl groups is 1. The minimum atomic E-state index is -1.33. The summed E-state index contributed by atoms with van der Waals surface area (Å²) in [6, 6.07) is -2.02. The van der Waals surface area contributed by atoms with E-state index in [9.17, 15) is 14.4 Å². The lowest BCUT2D eigenvalue weighted by molar-refractivity contribution is -0.140. The molecule has 0 aromatic heterocycles. The SMILES string of the molecule is O=C(NCCNC(=O)C1CC1)N[C@H](CO)C(=O)O. The number of nitrogens with one attached hydrogen (secondary N) is 3. The molecule has 1 aliphatic carbocycles. The fraction of sp³-hybridized carbons (Fsp3) is 0.700. The number of amides is 3. The van der Waals surface area contributed by atoms with Crippen molar-refractivity contribution in [2.24, 2.45) is 5.92 Å². The number of hydrogen-bond acceptors (Lipinski definition) is 4. The van der Waals surface area contributed by atoms with Gasteiger partial charge >= 0.3 is 12.0 Å².